The third-order valence-electron chi connectivity index (χ3n) is 1.63. The second kappa shape index (κ2) is 7.64. The molecule has 0 saturated heterocycles. The van der Waals surface area contributed by atoms with Crippen molar-refractivity contribution in [1.82, 2.24) is 9.97 Å². The summed E-state index contributed by atoms with van der Waals surface area (Å²) in [5.41, 5.74) is 1.73. The number of ether oxygens (including phenoxy) is 1. The van der Waals surface area contributed by atoms with Gasteiger partial charge in [-0.25, -0.2) is 9.97 Å². The van der Waals surface area contributed by atoms with E-state index >= 15 is 0 Å². The SMILES string of the molecule is C.O=COCC(S)c1cncnc1CBr. The molecular formula is C9H13BrN2O2S. The predicted molar refractivity (Wildman–Crippen MR) is 65.1 cm³/mol. The Bertz CT molecular complexity index is 312. The Morgan fingerprint density at radius 1 is 1.67 bits per heavy atom. The fraction of sp³-hybridized carbons (Fsp3) is 0.444. The third-order valence-corrected chi connectivity index (χ3v) is 2.59. The van der Waals surface area contributed by atoms with E-state index in [2.05, 4.69) is 43.3 Å². The van der Waals surface area contributed by atoms with Gasteiger partial charge in [0.05, 0.1) is 10.9 Å². The Balaban J connectivity index is 0.00000196. The smallest absolute Gasteiger partial charge is 0.293 e. The molecule has 0 radical (unpaired) electrons. The number of rotatable bonds is 5. The minimum atomic E-state index is -0.186. The summed E-state index contributed by atoms with van der Waals surface area (Å²) in [5.74, 6) is 0. The number of alkyl halides is 1. The van der Waals surface area contributed by atoms with Gasteiger partial charge in [0.25, 0.3) is 6.47 Å². The maximum atomic E-state index is 10.00. The van der Waals surface area contributed by atoms with E-state index in [4.69, 9.17) is 0 Å². The molecule has 4 nitrogen and oxygen atoms in total. The molecule has 0 fully saturated rings. The van der Waals surface area contributed by atoms with E-state index in [1.807, 2.05) is 0 Å². The van der Waals surface area contributed by atoms with Gasteiger partial charge in [-0.15, -0.1) is 0 Å². The van der Waals surface area contributed by atoms with Crippen LogP contribution >= 0.6 is 28.6 Å². The zero-order valence-electron chi connectivity index (χ0n) is 7.26. The molecular weight excluding hydrogens is 280 g/mol. The molecule has 1 unspecified atom stereocenters. The molecule has 0 N–H and O–H groups in total. The summed E-state index contributed by atoms with van der Waals surface area (Å²) in [6.07, 6.45) is 3.15. The maximum Gasteiger partial charge on any atom is 0.293 e. The molecule has 0 saturated carbocycles. The van der Waals surface area contributed by atoms with E-state index < -0.39 is 0 Å². The van der Waals surface area contributed by atoms with Gasteiger partial charge in [-0.05, 0) is 0 Å². The summed E-state index contributed by atoms with van der Waals surface area (Å²) in [6, 6.07) is 0. The Kier molecular flexibility index (Phi) is 7.33. The van der Waals surface area contributed by atoms with Gasteiger partial charge in [-0.2, -0.15) is 12.6 Å². The van der Waals surface area contributed by atoms with E-state index in [1.165, 1.54) is 6.33 Å². The highest BCUT2D eigenvalue weighted by atomic mass is 79.9. The van der Waals surface area contributed by atoms with E-state index in [0.717, 1.165) is 11.3 Å². The molecule has 0 aliphatic heterocycles. The van der Waals surface area contributed by atoms with Crippen LogP contribution in [0.4, 0.5) is 0 Å². The van der Waals surface area contributed by atoms with Crippen molar-refractivity contribution in [1.29, 1.82) is 0 Å². The van der Waals surface area contributed by atoms with Crippen molar-refractivity contribution in [2.75, 3.05) is 6.61 Å². The first-order valence-electron chi connectivity index (χ1n) is 3.87. The molecule has 0 aliphatic carbocycles. The van der Waals surface area contributed by atoms with Crippen molar-refractivity contribution in [3.63, 3.8) is 0 Å². The Morgan fingerprint density at radius 3 is 3.00 bits per heavy atom. The first-order valence-corrected chi connectivity index (χ1v) is 5.51. The van der Waals surface area contributed by atoms with Gasteiger partial charge >= 0.3 is 0 Å². The van der Waals surface area contributed by atoms with Gasteiger partial charge in [0, 0.05) is 17.1 Å². The topological polar surface area (TPSA) is 52.1 Å². The van der Waals surface area contributed by atoms with Crippen LogP contribution in [-0.2, 0) is 14.9 Å². The zero-order chi connectivity index (χ0) is 10.4. The van der Waals surface area contributed by atoms with Crippen LogP contribution in [0.1, 0.15) is 23.9 Å². The molecule has 1 atom stereocenters. The molecule has 6 heteroatoms. The summed E-state index contributed by atoms with van der Waals surface area (Å²) in [5, 5.41) is 0.442. The number of hydrogen-bond donors (Lipinski definition) is 1. The molecule has 0 amide bonds. The number of thiol groups is 1. The van der Waals surface area contributed by atoms with Crippen LogP contribution in [0.25, 0.3) is 0 Å². The van der Waals surface area contributed by atoms with Crippen molar-refractivity contribution in [3.8, 4) is 0 Å². The summed E-state index contributed by atoms with van der Waals surface area (Å²) in [4.78, 5) is 18.0. The van der Waals surface area contributed by atoms with Crippen LogP contribution in [0.5, 0.6) is 0 Å². The lowest BCUT2D eigenvalue weighted by Crippen LogP contribution is -2.05. The highest BCUT2D eigenvalue weighted by Crippen LogP contribution is 2.22. The van der Waals surface area contributed by atoms with E-state index in [0.29, 0.717) is 11.8 Å². The molecule has 0 spiro atoms. The lowest BCUT2D eigenvalue weighted by molar-refractivity contribution is -0.128. The molecule has 0 aliphatic rings. The summed E-state index contributed by atoms with van der Waals surface area (Å²) < 4.78 is 4.62. The first-order chi connectivity index (χ1) is 6.79. The van der Waals surface area contributed by atoms with Gasteiger partial charge < -0.3 is 4.74 Å². The van der Waals surface area contributed by atoms with Crippen LogP contribution in [0.15, 0.2) is 12.5 Å². The van der Waals surface area contributed by atoms with Gasteiger partial charge in [-0.3, -0.25) is 4.79 Å². The average Bonchev–Trinajstić information content (AvgIpc) is 2.25. The molecule has 1 heterocycles. The van der Waals surface area contributed by atoms with Gasteiger partial charge in [-0.1, -0.05) is 23.4 Å². The minimum Gasteiger partial charge on any atom is -0.466 e. The molecule has 1 aromatic heterocycles. The van der Waals surface area contributed by atoms with Crippen LogP contribution in [0.3, 0.4) is 0 Å². The molecule has 15 heavy (non-hydrogen) atoms. The number of aromatic nitrogens is 2. The number of hydrogen-bond acceptors (Lipinski definition) is 5. The van der Waals surface area contributed by atoms with Gasteiger partial charge in [0.2, 0.25) is 0 Å². The summed E-state index contributed by atoms with van der Waals surface area (Å²) >= 11 is 7.60. The fourth-order valence-electron chi connectivity index (χ4n) is 0.976. The second-order valence-electron chi connectivity index (χ2n) is 2.50. The molecule has 1 aromatic rings. The Labute approximate surface area is 103 Å². The van der Waals surface area contributed by atoms with Crippen LogP contribution in [0, 0.1) is 0 Å². The second-order valence-corrected chi connectivity index (χ2v) is 3.69. The van der Waals surface area contributed by atoms with Crippen molar-refractivity contribution < 1.29 is 9.53 Å². The van der Waals surface area contributed by atoms with Gasteiger partial charge in [0.15, 0.2) is 0 Å². The summed E-state index contributed by atoms with van der Waals surface area (Å²) in [7, 11) is 0. The Hall–Kier alpha value is -0.620. The molecule has 0 bridgehead atoms. The number of carbonyl (C=O) groups is 1. The highest BCUT2D eigenvalue weighted by Gasteiger charge is 2.12. The number of nitrogens with zero attached hydrogens (tertiary/aromatic N) is 2. The van der Waals surface area contributed by atoms with Crippen LogP contribution in [-0.4, -0.2) is 23.0 Å². The van der Waals surface area contributed by atoms with Crippen molar-refractivity contribution >= 4 is 35.0 Å². The normalized spacial score (nSPS) is 11.3. The van der Waals surface area contributed by atoms with E-state index in [9.17, 15) is 4.79 Å². The lowest BCUT2D eigenvalue weighted by Gasteiger charge is -2.11. The average molecular weight is 293 g/mol. The maximum absolute atomic E-state index is 10.00. The van der Waals surface area contributed by atoms with Crippen LogP contribution in [0.2, 0.25) is 0 Å². The lowest BCUT2D eigenvalue weighted by atomic mass is 10.2. The molecule has 1 rings (SSSR count). The van der Waals surface area contributed by atoms with Crippen molar-refractivity contribution in [2.24, 2.45) is 0 Å². The van der Waals surface area contributed by atoms with Gasteiger partial charge in [0.1, 0.15) is 12.9 Å². The van der Waals surface area contributed by atoms with E-state index in [1.54, 1.807) is 6.20 Å². The number of halogens is 1. The third kappa shape index (κ3) is 4.17. The first kappa shape index (κ1) is 14.4. The standard InChI is InChI=1S/C8H9BrN2O2S.CH4/c9-1-7-6(2-10-4-11-7)8(14)3-13-5-12;/h2,4-5,8,14H,1,3H2;1H4. The predicted octanol–water partition coefficient (Wildman–Crippen LogP) is 2.15. The monoisotopic (exact) mass is 292 g/mol. The van der Waals surface area contributed by atoms with Crippen LogP contribution < -0.4 is 0 Å². The van der Waals surface area contributed by atoms with E-state index in [-0.39, 0.29) is 19.3 Å². The fourth-order valence-corrected chi connectivity index (χ4v) is 1.75. The Morgan fingerprint density at radius 2 is 2.40 bits per heavy atom. The zero-order valence-corrected chi connectivity index (χ0v) is 9.74. The quantitative estimate of drug-likeness (QED) is 0.513. The minimum absolute atomic E-state index is 0. The molecule has 84 valence electrons. The highest BCUT2D eigenvalue weighted by molar-refractivity contribution is 9.08. The van der Waals surface area contributed by atoms with Crippen molar-refractivity contribution in [3.05, 3.63) is 23.8 Å². The molecule has 0 aromatic carbocycles. The summed E-state index contributed by atoms with van der Waals surface area (Å²) in [6.45, 7) is 0.626. The largest absolute Gasteiger partial charge is 0.466 e. The van der Waals surface area contributed by atoms with Crippen molar-refractivity contribution in [2.45, 2.75) is 18.0 Å². The number of carbonyl (C=O) groups excluding carboxylic acids is 1.